The largest absolute Gasteiger partial charge is 0.392 e. The number of carbonyl (C=O) groups excluding carboxylic acids is 1. The molecule has 1 rings (SSSR count). The first-order valence-electron chi connectivity index (χ1n) is 5.98. The molecule has 0 radical (unpaired) electrons. The average molecular weight is 230 g/mol. The predicted molar refractivity (Wildman–Crippen MR) is 61.2 cm³/mol. The van der Waals surface area contributed by atoms with E-state index in [4.69, 9.17) is 4.74 Å². The molecular formula is C11H22N2O3. The Balaban J connectivity index is 2.05. The van der Waals surface area contributed by atoms with Gasteiger partial charge in [0, 0.05) is 32.6 Å². The lowest BCUT2D eigenvalue weighted by molar-refractivity contribution is -0.135. The van der Waals surface area contributed by atoms with Crippen LogP contribution in [-0.4, -0.2) is 61.4 Å². The summed E-state index contributed by atoms with van der Waals surface area (Å²) in [6.45, 7) is 5.83. The molecule has 1 unspecified atom stereocenters. The number of aliphatic hydroxyl groups excluding tert-OH is 1. The quantitative estimate of drug-likeness (QED) is 0.609. The first-order chi connectivity index (χ1) is 7.74. The predicted octanol–water partition coefficient (Wildman–Crippen LogP) is -0.404. The molecule has 94 valence electrons. The van der Waals surface area contributed by atoms with E-state index in [1.165, 1.54) is 0 Å². The number of aliphatic hydroxyl groups is 1. The number of nitrogens with one attached hydrogen (secondary N) is 1. The molecule has 0 spiro atoms. The van der Waals surface area contributed by atoms with Crippen LogP contribution in [0.1, 0.15) is 19.8 Å². The van der Waals surface area contributed by atoms with Crippen LogP contribution >= 0.6 is 0 Å². The molecule has 1 amide bonds. The fourth-order valence-corrected chi connectivity index (χ4v) is 1.58. The van der Waals surface area contributed by atoms with E-state index in [0.29, 0.717) is 45.8 Å². The van der Waals surface area contributed by atoms with Gasteiger partial charge in [0.25, 0.3) is 0 Å². The fraction of sp³-hybridized carbons (Fsp3) is 0.909. The van der Waals surface area contributed by atoms with Crippen LogP contribution in [0.25, 0.3) is 0 Å². The van der Waals surface area contributed by atoms with Crippen LogP contribution in [0.4, 0.5) is 0 Å². The van der Waals surface area contributed by atoms with Crippen molar-refractivity contribution >= 4 is 5.91 Å². The molecule has 0 aromatic heterocycles. The number of morpholine rings is 1. The van der Waals surface area contributed by atoms with Crippen LogP contribution in [0, 0.1) is 0 Å². The van der Waals surface area contributed by atoms with E-state index in [1.807, 2.05) is 11.8 Å². The van der Waals surface area contributed by atoms with Crippen LogP contribution in [0.3, 0.4) is 0 Å². The molecule has 1 aliphatic heterocycles. The highest BCUT2D eigenvalue weighted by molar-refractivity contribution is 5.76. The molecule has 0 aromatic rings. The van der Waals surface area contributed by atoms with Gasteiger partial charge in [-0.2, -0.15) is 0 Å². The summed E-state index contributed by atoms with van der Waals surface area (Å²) in [7, 11) is 0. The van der Waals surface area contributed by atoms with Crippen molar-refractivity contribution in [1.82, 2.24) is 10.2 Å². The van der Waals surface area contributed by atoms with Crippen LogP contribution in [0.5, 0.6) is 0 Å². The minimum atomic E-state index is -0.307. The number of carbonyl (C=O) groups is 1. The number of ether oxygens (including phenoxy) is 1. The first kappa shape index (κ1) is 13.4. The van der Waals surface area contributed by atoms with Gasteiger partial charge < -0.3 is 20.1 Å². The fourth-order valence-electron chi connectivity index (χ4n) is 1.58. The van der Waals surface area contributed by atoms with Gasteiger partial charge in [-0.1, -0.05) is 6.92 Å². The highest BCUT2D eigenvalue weighted by Gasteiger charge is 2.15. The Hall–Kier alpha value is -0.650. The van der Waals surface area contributed by atoms with Crippen molar-refractivity contribution in [1.29, 1.82) is 0 Å². The molecule has 1 aliphatic rings. The van der Waals surface area contributed by atoms with Crippen molar-refractivity contribution in [3.05, 3.63) is 0 Å². The second-order valence-electron chi connectivity index (χ2n) is 4.01. The van der Waals surface area contributed by atoms with Crippen molar-refractivity contribution in [3.63, 3.8) is 0 Å². The molecule has 1 atom stereocenters. The molecule has 0 aliphatic carbocycles. The maximum absolute atomic E-state index is 11.7. The second-order valence-corrected chi connectivity index (χ2v) is 4.01. The summed E-state index contributed by atoms with van der Waals surface area (Å²) in [6, 6.07) is 0. The van der Waals surface area contributed by atoms with Crippen LogP contribution < -0.4 is 5.32 Å². The summed E-state index contributed by atoms with van der Waals surface area (Å²) in [5.41, 5.74) is 0. The number of hydrogen-bond acceptors (Lipinski definition) is 4. The van der Waals surface area contributed by atoms with E-state index in [0.717, 1.165) is 6.42 Å². The zero-order chi connectivity index (χ0) is 11.8. The van der Waals surface area contributed by atoms with Gasteiger partial charge in [0.2, 0.25) is 5.91 Å². The van der Waals surface area contributed by atoms with E-state index in [-0.39, 0.29) is 12.0 Å². The highest BCUT2D eigenvalue weighted by Crippen LogP contribution is 1.99. The van der Waals surface area contributed by atoms with Crippen LogP contribution in [0.2, 0.25) is 0 Å². The molecule has 16 heavy (non-hydrogen) atoms. The van der Waals surface area contributed by atoms with Crippen LogP contribution in [0.15, 0.2) is 0 Å². The van der Waals surface area contributed by atoms with Gasteiger partial charge in [-0.25, -0.2) is 0 Å². The van der Waals surface area contributed by atoms with Gasteiger partial charge in [0.15, 0.2) is 0 Å². The van der Waals surface area contributed by atoms with E-state index < -0.39 is 0 Å². The molecule has 1 heterocycles. The minimum absolute atomic E-state index is 0.168. The zero-order valence-electron chi connectivity index (χ0n) is 9.95. The topological polar surface area (TPSA) is 61.8 Å². The third kappa shape index (κ3) is 4.92. The van der Waals surface area contributed by atoms with Crippen molar-refractivity contribution < 1.29 is 14.6 Å². The number of rotatable bonds is 6. The Labute approximate surface area is 96.8 Å². The summed E-state index contributed by atoms with van der Waals surface area (Å²) >= 11 is 0. The van der Waals surface area contributed by atoms with Gasteiger partial charge in [-0.3, -0.25) is 4.79 Å². The van der Waals surface area contributed by atoms with Crippen molar-refractivity contribution in [3.8, 4) is 0 Å². The molecular weight excluding hydrogens is 208 g/mol. The molecule has 0 bridgehead atoms. The molecule has 0 aromatic carbocycles. The normalized spacial score (nSPS) is 18.5. The van der Waals surface area contributed by atoms with Gasteiger partial charge in [-0.05, 0) is 6.42 Å². The van der Waals surface area contributed by atoms with Crippen molar-refractivity contribution in [2.24, 2.45) is 0 Å². The van der Waals surface area contributed by atoms with E-state index in [2.05, 4.69) is 5.32 Å². The smallest absolute Gasteiger partial charge is 0.224 e. The lowest BCUT2D eigenvalue weighted by Gasteiger charge is -2.26. The SMILES string of the molecule is CCC(O)CNCCC(=O)N1CCOCC1. The Bertz CT molecular complexity index is 205. The number of amides is 1. The number of hydrogen-bond donors (Lipinski definition) is 2. The minimum Gasteiger partial charge on any atom is -0.392 e. The summed E-state index contributed by atoms with van der Waals surface area (Å²) < 4.78 is 5.18. The zero-order valence-corrected chi connectivity index (χ0v) is 9.95. The third-order valence-corrected chi connectivity index (χ3v) is 2.73. The Morgan fingerprint density at radius 1 is 1.50 bits per heavy atom. The third-order valence-electron chi connectivity index (χ3n) is 2.73. The van der Waals surface area contributed by atoms with E-state index in [1.54, 1.807) is 0 Å². The second kappa shape index (κ2) is 7.60. The molecule has 0 saturated carbocycles. The summed E-state index contributed by atoms with van der Waals surface area (Å²) in [5, 5.41) is 12.4. The standard InChI is InChI=1S/C11H22N2O3/c1-2-10(14)9-12-4-3-11(15)13-5-7-16-8-6-13/h10,12,14H,2-9H2,1H3. The molecule has 5 heteroatoms. The Morgan fingerprint density at radius 2 is 2.19 bits per heavy atom. The lowest BCUT2D eigenvalue weighted by Crippen LogP contribution is -2.42. The van der Waals surface area contributed by atoms with Crippen molar-refractivity contribution in [2.45, 2.75) is 25.9 Å². The van der Waals surface area contributed by atoms with Gasteiger partial charge in [0.05, 0.1) is 19.3 Å². The molecule has 1 saturated heterocycles. The lowest BCUT2D eigenvalue weighted by atomic mass is 10.2. The Morgan fingerprint density at radius 3 is 2.81 bits per heavy atom. The average Bonchev–Trinajstić information content (AvgIpc) is 2.35. The van der Waals surface area contributed by atoms with Gasteiger partial charge >= 0.3 is 0 Å². The molecule has 5 nitrogen and oxygen atoms in total. The van der Waals surface area contributed by atoms with Crippen molar-refractivity contribution in [2.75, 3.05) is 39.4 Å². The molecule has 2 N–H and O–H groups in total. The highest BCUT2D eigenvalue weighted by atomic mass is 16.5. The van der Waals surface area contributed by atoms with E-state index >= 15 is 0 Å². The monoisotopic (exact) mass is 230 g/mol. The summed E-state index contributed by atoms with van der Waals surface area (Å²) in [5.74, 6) is 0.168. The van der Waals surface area contributed by atoms with Gasteiger partial charge in [-0.15, -0.1) is 0 Å². The maximum atomic E-state index is 11.7. The maximum Gasteiger partial charge on any atom is 0.224 e. The Kier molecular flexibility index (Phi) is 6.37. The van der Waals surface area contributed by atoms with Gasteiger partial charge in [0.1, 0.15) is 0 Å². The first-order valence-corrected chi connectivity index (χ1v) is 5.98. The number of nitrogens with zero attached hydrogens (tertiary/aromatic N) is 1. The summed E-state index contributed by atoms with van der Waals surface area (Å²) in [4.78, 5) is 13.5. The van der Waals surface area contributed by atoms with Crippen LogP contribution in [-0.2, 0) is 9.53 Å². The summed E-state index contributed by atoms with van der Waals surface area (Å²) in [6.07, 6.45) is 0.930. The van der Waals surface area contributed by atoms with E-state index in [9.17, 15) is 9.90 Å². The molecule has 1 fully saturated rings.